The molecule has 2 aromatic rings. The van der Waals surface area contributed by atoms with Crippen molar-refractivity contribution >= 4 is 11.8 Å². The van der Waals surface area contributed by atoms with Gasteiger partial charge in [0.2, 0.25) is 0 Å². The van der Waals surface area contributed by atoms with E-state index < -0.39 is 0 Å². The molecule has 1 aliphatic rings. The number of thioether (sulfide) groups is 1. The molecule has 1 atom stereocenters. The zero-order valence-corrected chi connectivity index (χ0v) is 12.8. The molecule has 1 aliphatic carbocycles. The van der Waals surface area contributed by atoms with Crippen LogP contribution in [-0.2, 0) is 0 Å². The van der Waals surface area contributed by atoms with E-state index in [1.165, 1.54) is 42.7 Å². The molecule has 1 nitrogen and oxygen atoms in total. The topological polar surface area (TPSA) is 26.0 Å². The predicted octanol–water partition coefficient (Wildman–Crippen LogP) is 4.89. The molecule has 3 rings (SSSR count). The van der Waals surface area contributed by atoms with Crippen molar-refractivity contribution in [1.82, 2.24) is 0 Å². The Balaban J connectivity index is 1.65. The Morgan fingerprint density at radius 2 is 1.95 bits per heavy atom. The fraction of sp³-hybridized carbons (Fsp3) is 0.333. The predicted molar refractivity (Wildman–Crippen MR) is 87.1 cm³/mol. The van der Waals surface area contributed by atoms with Gasteiger partial charge in [-0.05, 0) is 42.0 Å². The Bertz CT molecular complexity index is 610. The summed E-state index contributed by atoms with van der Waals surface area (Å²) in [4.78, 5) is 0.670. The summed E-state index contributed by atoms with van der Waals surface area (Å²) in [5.41, 5.74) is 8.84. The Morgan fingerprint density at radius 3 is 2.67 bits per heavy atom. The lowest BCUT2D eigenvalue weighted by atomic mass is 9.79. The van der Waals surface area contributed by atoms with Gasteiger partial charge in [0, 0.05) is 16.7 Å². The first kappa shape index (κ1) is 14.6. The molecule has 0 aromatic heterocycles. The molecule has 0 heterocycles. The monoisotopic (exact) mass is 301 g/mol. The van der Waals surface area contributed by atoms with Crippen LogP contribution in [-0.4, -0.2) is 5.75 Å². The Kier molecular flexibility index (Phi) is 4.61. The summed E-state index contributed by atoms with van der Waals surface area (Å²) >= 11 is 1.48. The molecule has 0 radical (unpaired) electrons. The molecular formula is C18H20FNS. The summed E-state index contributed by atoms with van der Waals surface area (Å²) in [6.45, 7) is 0. The van der Waals surface area contributed by atoms with Gasteiger partial charge in [0.25, 0.3) is 0 Å². The normalized spacial score (nSPS) is 16.5. The van der Waals surface area contributed by atoms with Gasteiger partial charge in [-0.15, -0.1) is 11.8 Å². The fourth-order valence-corrected chi connectivity index (χ4v) is 3.56. The molecule has 0 bridgehead atoms. The summed E-state index contributed by atoms with van der Waals surface area (Å²) < 4.78 is 13.6. The van der Waals surface area contributed by atoms with Crippen molar-refractivity contribution in [2.75, 3.05) is 5.75 Å². The average molecular weight is 301 g/mol. The van der Waals surface area contributed by atoms with Gasteiger partial charge in [-0.2, -0.15) is 0 Å². The maximum Gasteiger partial charge on any atom is 0.136 e. The molecular weight excluding hydrogens is 281 g/mol. The SMILES string of the molecule is NC(CSc1ccccc1F)c1cccc(C2CCC2)c1. The van der Waals surface area contributed by atoms with Crippen molar-refractivity contribution in [2.45, 2.75) is 36.1 Å². The highest BCUT2D eigenvalue weighted by atomic mass is 32.2. The van der Waals surface area contributed by atoms with Crippen LogP contribution in [0.15, 0.2) is 53.4 Å². The minimum Gasteiger partial charge on any atom is -0.323 e. The molecule has 3 heteroatoms. The lowest BCUT2D eigenvalue weighted by Gasteiger charge is -2.26. The van der Waals surface area contributed by atoms with Crippen molar-refractivity contribution in [2.24, 2.45) is 5.73 Å². The molecule has 0 spiro atoms. The van der Waals surface area contributed by atoms with E-state index >= 15 is 0 Å². The average Bonchev–Trinajstić information content (AvgIpc) is 2.45. The molecule has 1 fully saturated rings. The van der Waals surface area contributed by atoms with E-state index in [4.69, 9.17) is 5.73 Å². The molecule has 0 aliphatic heterocycles. The van der Waals surface area contributed by atoms with Crippen LogP contribution in [0.4, 0.5) is 4.39 Å². The first-order valence-corrected chi connectivity index (χ1v) is 8.45. The smallest absolute Gasteiger partial charge is 0.136 e. The number of hydrogen-bond acceptors (Lipinski definition) is 2. The van der Waals surface area contributed by atoms with Crippen LogP contribution in [0.25, 0.3) is 0 Å². The molecule has 0 amide bonds. The van der Waals surface area contributed by atoms with Crippen LogP contribution in [0.2, 0.25) is 0 Å². The highest BCUT2D eigenvalue weighted by Crippen LogP contribution is 2.37. The molecule has 2 aromatic carbocycles. The second kappa shape index (κ2) is 6.63. The fourth-order valence-electron chi connectivity index (χ4n) is 2.62. The van der Waals surface area contributed by atoms with Crippen LogP contribution in [0, 0.1) is 5.82 Å². The standard InChI is InChI=1S/C18H20FNS/c19-16-9-1-2-10-18(16)21-12-17(20)15-8-4-7-14(11-15)13-5-3-6-13/h1-2,4,7-11,13,17H,3,5-6,12,20H2. The van der Waals surface area contributed by atoms with Gasteiger partial charge in [-0.3, -0.25) is 0 Å². The number of rotatable bonds is 5. The summed E-state index contributed by atoms with van der Waals surface area (Å²) in [6.07, 6.45) is 3.93. The van der Waals surface area contributed by atoms with Crippen molar-refractivity contribution in [3.05, 3.63) is 65.5 Å². The van der Waals surface area contributed by atoms with Gasteiger partial charge in [-0.25, -0.2) is 4.39 Å². The third-order valence-electron chi connectivity index (χ3n) is 4.17. The third-order valence-corrected chi connectivity index (χ3v) is 5.34. The number of benzene rings is 2. The van der Waals surface area contributed by atoms with Crippen molar-refractivity contribution in [3.63, 3.8) is 0 Å². The first-order valence-electron chi connectivity index (χ1n) is 7.47. The molecule has 2 N–H and O–H groups in total. The largest absolute Gasteiger partial charge is 0.323 e. The van der Waals surface area contributed by atoms with E-state index in [2.05, 4.69) is 24.3 Å². The maximum atomic E-state index is 13.6. The van der Waals surface area contributed by atoms with Gasteiger partial charge < -0.3 is 5.73 Å². The Morgan fingerprint density at radius 1 is 1.14 bits per heavy atom. The van der Waals surface area contributed by atoms with Gasteiger partial charge in [0.15, 0.2) is 0 Å². The second-order valence-corrected chi connectivity index (χ2v) is 6.71. The van der Waals surface area contributed by atoms with Crippen LogP contribution in [0.5, 0.6) is 0 Å². The van der Waals surface area contributed by atoms with Crippen molar-refractivity contribution in [3.8, 4) is 0 Å². The summed E-state index contributed by atoms with van der Waals surface area (Å²) in [5, 5.41) is 0. The molecule has 1 unspecified atom stereocenters. The van der Waals surface area contributed by atoms with Gasteiger partial charge >= 0.3 is 0 Å². The van der Waals surface area contributed by atoms with Gasteiger partial charge in [0.05, 0.1) is 0 Å². The maximum absolute atomic E-state index is 13.6. The summed E-state index contributed by atoms with van der Waals surface area (Å²) in [6, 6.07) is 15.4. The van der Waals surface area contributed by atoms with Crippen LogP contribution in [0.1, 0.15) is 42.3 Å². The lowest BCUT2D eigenvalue weighted by molar-refractivity contribution is 0.419. The Hall–Kier alpha value is -1.32. The van der Waals surface area contributed by atoms with E-state index in [-0.39, 0.29) is 11.9 Å². The van der Waals surface area contributed by atoms with Crippen molar-refractivity contribution < 1.29 is 4.39 Å². The highest BCUT2D eigenvalue weighted by molar-refractivity contribution is 7.99. The van der Waals surface area contributed by atoms with Crippen LogP contribution >= 0.6 is 11.8 Å². The minimum absolute atomic E-state index is 0.0605. The van der Waals surface area contributed by atoms with Crippen LogP contribution < -0.4 is 5.73 Å². The summed E-state index contributed by atoms with van der Waals surface area (Å²) in [5.74, 6) is 1.24. The molecule has 0 saturated heterocycles. The highest BCUT2D eigenvalue weighted by Gasteiger charge is 2.20. The van der Waals surface area contributed by atoms with Crippen molar-refractivity contribution in [1.29, 1.82) is 0 Å². The molecule has 110 valence electrons. The summed E-state index contributed by atoms with van der Waals surface area (Å²) in [7, 11) is 0. The van der Waals surface area contributed by atoms with Crippen LogP contribution in [0.3, 0.4) is 0 Å². The first-order chi connectivity index (χ1) is 10.2. The quantitative estimate of drug-likeness (QED) is 0.796. The molecule has 21 heavy (non-hydrogen) atoms. The molecule has 1 saturated carbocycles. The lowest BCUT2D eigenvalue weighted by Crippen LogP contribution is -2.15. The zero-order chi connectivity index (χ0) is 14.7. The van der Waals surface area contributed by atoms with Gasteiger partial charge in [-0.1, -0.05) is 42.8 Å². The number of hydrogen-bond donors (Lipinski definition) is 1. The number of nitrogens with two attached hydrogens (primary N) is 1. The minimum atomic E-state index is -0.169. The van der Waals surface area contributed by atoms with E-state index in [1.54, 1.807) is 12.1 Å². The van der Waals surface area contributed by atoms with E-state index in [9.17, 15) is 4.39 Å². The van der Waals surface area contributed by atoms with E-state index in [0.29, 0.717) is 10.6 Å². The number of halogens is 1. The Labute approximate surface area is 129 Å². The van der Waals surface area contributed by atoms with E-state index in [0.717, 1.165) is 11.5 Å². The van der Waals surface area contributed by atoms with E-state index in [1.807, 2.05) is 6.07 Å². The second-order valence-electron chi connectivity index (χ2n) is 5.65. The van der Waals surface area contributed by atoms with Gasteiger partial charge in [0.1, 0.15) is 5.82 Å². The zero-order valence-electron chi connectivity index (χ0n) is 12.0. The third kappa shape index (κ3) is 3.47.